The normalized spacial score (nSPS) is 12.6. The molecule has 2 heteroatoms. The zero-order chi connectivity index (χ0) is 10.6. The maximum atomic E-state index is 5.96. The first kappa shape index (κ1) is 11.1. The third kappa shape index (κ3) is 2.74. The van der Waals surface area contributed by atoms with Gasteiger partial charge in [-0.25, -0.2) is 0 Å². The van der Waals surface area contributed by atoms with Crippen LogP contribution in [0.5, 0.6) is 0 Å². The summed E-state index contributed by atoms with van der Waals surface area (Å²) >= 11 is 0. The van der Waals surface area contributed by atoms with Gasteiger partial charge in [-0.2, -0.15) is 0 Å². The van der Waals surface area contributed by atoms with Gasteiger partial charge in [0.1, 0.15) is 0 Å². The zero-order valence-electron chi connectivity index (χ0n) is 9.33. The predicted molar refractivity (Wildman–Crippen MR) is 62.7 cm³/mol. The van der Waals surface area contributed by atoms with Crippen molar-refractivity contribution in [3.8, 4) is 0 Å². The van der Waals surface area contributed by atoms with Crippen molar-refractivity contribution in [2.75, 3.05) is 19.0 Å². The Labute approximate surface area is 86.7 Å². The van der Waals surface area contributed by atoms with E-state index in [-0.39, 0.29) is 6.04 Å². The molecular weight excluding hydrogens is 172 g/mol. The summed E-state index contributed by atoms with van der Waals surface area (Å²) in [6.45, 7) is 2.13. The highest BCUT2D eigenvalue weighted by Crippen LogP contribution is 2.19. The Morgan fingerprint density at radius 2 is 1.93 bits per heavy atom. The summed E-state index contributed by atoms with van der Waals surface area (Å²) in [6, 6.07) is 8.71. The number of nitrogens with two attached hydrogens (primary N) is 1. The van der Waals surface area contributed by atoms with Gasteiger partial charge in [0.25, 0.3) is 0 Å². The van der Waals surface area contributed by atoms with Gasteiger partial charge in [-0.05, 0) is 24.5 Å². The Morgan fingerprint density at radius 1 is 1.29 bits per heavy atom. The Bertz CT molecular complexity index is 281. The average Bonchev–Trinajstić information content (AvgIpc) is 2.18. The molecule has 0 fully saturated rings. The standard InChI is InChI=1S/C12H20N2/c1-4-11(13)9-10-7-5-6-8-12(10)14(2)3/h5-8,11H,4,9,13H2,1-3H3. The van der Waals surface area contributed by atoms with Crippen molar-refractivity contribution in [1.82, 2.24) is 0 Å². The second-order valence-electron chi connectivity index (χ2n) is 3.90. The van der Waals surface area contributed by atoms with Crippen LogP contribution < -0.4 is 10.6 Å². The quantitative estimate of drug-likeness (QED) is 0.791. The van der Waals surface area contributed by atoms with E-state index in [2.05, 4.69) is 50.2 Å². The van der Waals surface area contributed by atoms with Gasteiger partial charge in [-0.15, -0.1) is 0 Å². The van der Waals surface area contributed by atoms with Crippen molar-refractivity contribution in [2.24, 2.45) is 5.73 Å². The molecule has 0 spiro atoms. The fraction of sp³-hybridized carbons (Fsp3) is 0.500. The minimum Gasteiger partial charge on any atom is -0.377 e. The van der Waals surface area contributed by atoms with Crippen LogP contribution in [0.1, 0.15) is 18.9 Å². The summed E-state index contributed by atoms with van der Waals surface area (Å²) in [5.41, 5.74) is 8.57. The highest BCUT2D eigenvalue weighted by atomic mass is 15.1. The zero-order valence-corrected chi connectivity index (χ0v) is 9.33. The molecule has 14 heavy (non-hydrogen) atoms. The van der Waals surface area contributed by atoms with Gasteiger partial charge in [-0.1, -0.05) is 25.1 Å². The van der Waals surface area contributed by atoms with Gasteiger partial charge >= 0.3 is 0 Å². The molecule has 0 aromatic heterocycles. The van der Waals surface area contributed by atoms with E-state index in [1.165, 1.54) is 11.3 Å². The summed E-state index contributed by atoms with van der Waals surface area (Å²) in [6.07, 6.45) is 1.99. The maximum Gasteiger partial charge on any atom is 0.0394 e. The molecule has 0 heterocycles. The Balaban J connectivity index is 2.84. The van der Waals surface area contributed by atoms with Crippen LogP contribution in [0.4, 0.5) is 5.69 Å². The van der Waals surface area contributed by atoms with E-state index in [1.54, 1.807) is 0 Å². The Kier molecular flexibility index (Phi) is 3.96. The lowest BCUT2D eigenvalue weighted by Crippen LogP contribution is -2.23. The van der Waals surface area contributed by atoms with Gasteiger partial charge in [0, 0.05) is 25.8 Å². The molecule has 0 saturated heterocycles. The molecule has 2 nitrogen and oxygen atoms in total. The molecule has 1 unspecified atom stereocenters. The van der Waals surface area contributed by atoms with E-state index in [4.69, 9.17) is 5.73 Å². The Hall–Kier alpha value is -1.02. The fourth-order valence-corrected chi connectivity index (χ4v) is 1.55. The first-order chi connectivity index (χ1) is 6.65. The monoisotopic (exact) mass is 192 g/mol. The number of nitrogens with zero attached hydrogens (tertiary/aromatic N) is 1. The van der Waals surface area contributed by atoms with Gasteiger partial charge < -0.3 is 10.6 Å². The number of para-hydroxylation sites is 1. The molecule has 0 aliphatic rings. The minimum absolute atomic E-state index is 0.274. The van der Waals surface area contributed by atoms with Crippen LogP contribution in [-0.4, -0.2) is 20.1 Å². The van der Waals surface area contributed by atoms with Crippen molar-refractivity contribution in [3.63, 3.8) is 0 Å². The van der Waals surface area contributed by atoms with Crippen LogP contribution in [-0.2, 0) is 6.42 Å². The third-order valence-electron chi connectivity index (χ3n) is 2.48. The molecule has 1 aromatic rings. The van der Waals surface area contributed by atoms with Crippen LogP contribution in [0.15, 0.2) is 24.3 Å². The van der Waals surface area contributed by atoms with Gasteiger partial charge in [0.05, 0.1) is 0 Å². The highest BCUT2D eigenvalue weighted by molar-refractivity contribution is 5.52. The predicted octanol–water partition coefficient (Wildman–Crippen LogP) is 2.03. The van der Waals surface area contributed by atoms with Gasteiger partial charge in [-0.3, -0.25) is 0 Å². The SMILES string of the molecule is CCC(N)Cc1ccccc1N(C)C. The molecule has 1 rings (SSSR count). The molecule has 0 saturated carbocycles. The van der Waals surface area contributed by atoms with Crippen LogP contribution in [0.25, 0.3) is 0 Å². The van der Waals surface area contributed by atoms with Crippen molar-refractivity contribution < 1.29 is 0 Å². The van der Waals surface area contributed by atoms with Gasteiger partial charge in [0.15, 0.2) is 0 Å². The summed E-state index contributed by atoms with van der Waals surface area (Å²) in [4.78, 5) is 2.14. The molecule has 0 amide bonds. The van der Waals surface area contributed by atoms with Crippen LogP contribution in [0.2, 0.25) is 0 Å². The van der Waals surface area contributed by atoms with Crippen molar-refractivity contribution in [3.05, 3.63) is 29.8 Å². The van der Waals surface area contributed by atoms with Crippen molar-refractivity contribution >= 4 is 5.69 Å². The molecule has 1 aromatic carbocycles. The molecule has 0 bridgehead atoms. The number of anilines is 1. The maximum absolute atomic E-state index is 5.96. The largest absolute Gasteiger partial charge is 0.377 e. The van der Waals surface area contributed by atoms with Crippen molar-refractivity contribution in [2.45, 2.75) is 25.8 Å². The van der Waals surface area contributed by atoms with E-state index >= 15 is 0 Å². The number of benzene rings is 1. The molecular formula is C12H20N2. The summed E-state index contributed by atoms with van der Waals surface area (Å²) < 4.78 is 0. The van der Waals surface area contributed by atoms with E-state index in [9.17, 15) is 0 Å². The third-order valence-corrected chi connectivity index (χ3v) is 2.48. The average molecular weight is 192 g/mol. The Morgan fingerprint density at radius 3 is 2.50 bits per heavy atom. The first-order valence-corrected chi connectivity index (χ1v) is 5.16. The first-order valence-electron chi connectivity index (χ1n) is 5.16. The summed E-state index contributed by atoms with van der Waals surface area (Å²) in [5.74, 6) is 0. The van der Waals surface area contributed by atoms with E-state index in [1.807, 2.05) is 0 Å². The molecule has 78 valence electrons. The molecule has 0 radical (unpaired) electrons. The smallest absolute Gasteiger partial charge is 0.0394 e. The second-order valence-corrected chi connectivity index (χ2v) is 3.90. The number of hydrogen-bond acceptors (Lipinski definition) is 2. The molecule has 2 N–H and O–H groups in total. The number of rotatable bonds is 4. The summed E-state index contributed by atoms with van der Waals surface area (Å²) in [7, 11) is 4.13. The lowest BCUT2D eigenvalue weighted by Gasteiger charge is -2.19. The molecule has 0 aliphatic heterocycles. The van der Waals surface area contributed by atoms with Crippen LogP contribution in [0.3, 0.4) is 0 Å². The molecule has 0 aliphatic carbocycles. The number of hydrogen-bond donors (Lipinski definition) is 1. The minimum atomic E-state index is 0.274. The van der Waals surface area contributed by atoms with Crippen LogP contribution >= 0.6 is 0 Å². The van der Waals surface area contributed by atoms with E-state index in [0.29, 0.717) is 0 Å². The van der Waals surface area contributed by atoms with Crippen LogP contribution in [0, 0.1) is 0 Å². The molecule has 1 atom stereocenters. The summed E-state index contributed by atoms with van der Waals surface area (Å²) in [5, 5.41) is 0. The van der Waals surface area contributed by atoms with Gasteiger partial charge in [0.2, 0.25) is 0 Å². The highest BCUT2D eigenvalue weighted by Gasteiger charge is 2.06. The lowest BCUT2D eigenvalue weighted by atomic mass is 10.0. The van der Waals surface area contributed by atoms with Crippen molar-refractivity contribution in [1.29, 1.82) is 0 Å². The van der Waals surface area contributed by atoms with E-state index < -0.39 is 0 Å². The lowest BCUT2D eigenvalue weighted by molar-refractivity contribution is 0.646. The fourth-order valence-electron chi connectivity index (χ4n) is 1.55. The van der Waals surface area contributed by atoms with E-state index in [0.717, 1.165) is 12.8 Å². The topological polar surface area (TPSA) is 29.3 Å². The second kappa shape index (κ2) is 5.01.